The average Bonchev–Trinajstić information content (AvgIpc) is 3.14. The molecule has 28 heavy (non-hydrogen) atoms. The Bertz CT molecular complexity index is 771. The van der Waals surface area contributed by atoms with Gasteiger partial charge in [0.25, 0.3) is 0 Å². The highest BCUT2D eigenvalue weighted by molar-refractivity contribution is 14.0. The molecule has 0 radical (unpaired) electrons. The summed E-state index contributed by atoms with van der Waals surface area (Å²) in [4.78, 5) is 10.9. The lowest BCUT2D eigenvalue weighted by molar-refractivity contribution is 0.475. The number of phenolic OH excluding ortho intramolecular Hbond substituents is 1. The maximum atomic E-state index is 9.32. The van der Waals surface area contributed by atoms with Crippen molar-refractivity contribution in [3.8, 4) is 5.75 Å². The first-order chi connectivity index (χ1) is 13.2. The molecule has 1 saturated heterocycles. The number of phenols is 1. The lowest BCUT2D eigenvalue weighted by Crippen LogP contribution is -2.45. The van der Waals surface area contributed by atoms with Crippen LogP contribution in [-0.4, -0.2) is 48.8 Å². The van der Waals surface area contributed by atoms with E-state index in [1.165, 1.54) is 5.56 Å². The molecule has 2 heterocycles. The van der Waals surface area contributed by atoms with Gasteiger partial charge >= 0.3 is 0 Å². The number of aryl methyl sites for hydroxylation is 1. The standard InChI is InChI=1S/C20H26ClN5O.HI/c1-22-20(24-12-2-4-15-6-8-17(27)9-7-15)25-16-10-13-26(14-16)19-18(21)5-3-11-23-19;/h3,5-9,11,16,27H,2,4,10,12-14H2,1H3,(H2,22,24,25);1H. The van der Waals surface area contributed by atoms with Gasteiger partial charge in [0.05, 0.1) is 5.02 Å². The second kappa shape index (κ2) is 11.3. The smallest absolute Gasteiger partial charge is 0.191 e. The first-order valence-corrected chi connectivity index (χ1v) is 9.64. The molecular formula is C20H27ClIN5O. The Morgan fingerprint density at radius 2 is 2.11 bits per heavy atom. The van der Waals surface area contributed by atoms with Crippen LogP contribution in [0, 0.1) is 0 Å². The Labute approximate surface area is 188 Å². The van der Waals surface area contributed by atoms with Gasteiger partial charge < -0.3 is 20.6 Å². The number of anilines is 1. The molecule has 0 saturated carbocycles. The number of pyridine rings is 1. The maximum Gasteiger partial charge on any atom is 0.191 e. The molecule has 0 amide bonds. The van der Waals surface area contributed by atoms with Gasteiger partial charge in [0, 0.05) is 38.9 Å². The van der Waals surface area contributed by atoms with Crippen molar-refractivity contribution in [2.75, 3.05) is 31.6 Å². The number of aliphatic imine (C=N–C) groups is 1. The highest BCUT2D eigenvalue weighted by atomic mass is 127. The number of benzene rings is 1. The molecule has 3 rings (SSSR count). The lowest BCUT2D eigenvalue weighted by Gasteiger charge is -2.20. The second-order valence-corrected chi connectivity index (χ2v) is 7.06. The fourth-order valence-corrected chi connectivity index (χ4v) is 3.47. The summed E-state index contributed by atoms with van der Waals surface area (Å²) in [6.07, 6.45) is 4.74. The molecule has 0 aliphatic carbocycles. The SMILES string of the molecule is CN=C(NCCCc1ccc(O)cc1)NC1CCN(c2ncccc2Cl)C1.I. The molecule has 0 spiro atoms. The summed E-state index contributed by atoms with van der Waals surface area (Å²) in [5, 5.41) is 16.9. The largest absolute Gasteiger partial charge is 0.508 e. The van der Waals surface area contributed by atoms with Gasteiger partial charge in [-0.25, -0.2) is 4.98 Å². The highest BCUT2D eigenvalue weighted by Crippen LogP contribution is 2.25. The van der Waals surface area contributed by atoms with Gasteiger partial charge in [-0.05, 0) is 49.1 Å². The highest BCUT2D eigenvalue weighted by Gasteiger charge is 2.25. The third kappa shape index (κ3) is 6.41. The zero-order valence-corrected chi connectivity index (χ0v) is 19.0. The van der Waals surface area contributed by atoms with Crippen LogP contribution in [-0.2, 0) is 6.42 Å². The number of rotatable bonds is 6. The van der Waals surface area contributed by atoms with E-state index in [1.54, 1.807) is 25.4 Å². The third-order valence-electron chi connectivity index (χ3n) is 4.66. The number of halogens is 2. The number of hydrogen-bond acceptors (Lipinski definition) is 4. The van der Waals surface area contributed by atoms with Crippen molar-refractivity contribution in [1.29, 1.82) is 0 Å². The molecule has 1 aliphatic rings. The van der Waals surface area contributed by atoms with Crippen LogP contribution in [0.1, 0.15) is 18.4 Å². The van der Waals surface area contributed by atoms with Crippen molar-refractivity contribution in [2.24, 2.45) is 4.99 Å². The molecule has 0 bridgehead atoms. The Hall–Kier alpha value is -1.74. The van der Waals surface area contributed by atoms with Gasteiger partial charge in [0.15, 0.2) is 5.96 Å². The average molecular weight is 516 g/mol. The van der Waals surface area contributed by atoms with Crippen LogP contribution in [0.3, 0.4) is 0 Å². The number of nitrogens with zero attached hydrogens (tertiary/aromatic N) is 3. The van der Waals surface area contributed by atoms with Gasteiger partial charge in [0.2, 0.25) is 0 Å². The first kappa shape index (κ1) is 22.5. The molecule has 1 fully saturated rings. The first-order valence-electron chi connectivity index (χ1n) is 9.26. The monoisotopic (exact) mass is 515 g/mol. The number of aromatic nitrogens is 1. The zero-order chi connectivity index (χ0) is 19.1. The van der Waals surface area contributed by atoms with Gasteiger partial charge in [-0.1, -0.05) is 23.7 Å². The van der Waals surface area contributed by atoms with E-state index in [4.69, 9.17) is 11.6 Å². The molecule has 1 unspecified atom stereocenters. The Morgan fingerprint density at radius 3 is 2.82 bits per heavy atom. The minimum atomic E-state index is 0. The minimum absolute atomic E-state index is 0. The Kier molecular flexibility index (Phi) is 9.11. The van der Waals surface area contributed by atoms with Gasteiger partial charge in [-0.2, -0.15) is 0 Å². The molecule has 2 aromatic rings. The summed E-state index contributed by atoms with van der Waals surface area (Å²) >= 11 is 6.25. The molecule has 152 valence electrons. The van der Waals surface area contributed by atoms with Crippen molar-refractivity contribution in [3.05, 3.63) is 53.2 Å². The van der Waals surface area contributed by atoms with Crippen LogP contribution in [0.15, 0.2) is 47.6 Å². The van der Waals surface area contributed by atoms with Crippen LogP contribution in [0.5, 0.6) is 5.75 Å². The van der Waals surface area contributed by atoms with E-state index in [2.05, 4.69) is 25.5 Å². The lowest BCUT2D eigenvalue weighted by atomic mass is 10.1. The fraction of sp³-hybridized carbons (Fsp3) is 0.400. The van der Waals surface area contributed by atoms with E-state index in [0.29, 0.717) is 16.8 Å². The van der Waals surface area contributed by atoms with Gasteiger partial charge in [0.1, 0.15) is 11.6 Å². The number of nitrogens with one attached hydrogen (secondary N) is 2. The van der Waals surface area contributed by atoms with E-state index in [9.17, 15) is 5.11 Å². The summed E-state index contributed by atoms with van der Waals surface area (Å²) in [7, 11) is 1.79. The normalized spacial score (nSPS) is 16.6. The molecule has 1 aromatic carbocycles. The number of hydrogen-bond donors (Lipinski definition) is 3. The van der Waals surface area contributed by atoms with Crippen LogP contribution in [0.2, 0.25) is 5.02 Å². The molecule has 6 nitrogen and oxygen atoms in total. The van der Waals surface area contributed by atoms with Crippen molar-refractivity contribution < 1.29 is 5.11 Å². The minimum Gasteiger partial charge on any atom is -0.508 e. The fourth-order valence-electron chi connectivity index (χ4n) is 3.23. The second-order valence-electron chi connectivity index (χ2n) is 6.65. The summed E-state index contributed by atoms with van der Waals surface area (Å²) in [6.45, 7) is 2.61. The van der Waals surface area contributed by atoms with Gasteiger partial charge in [-0.15, -0.1) is 24.0 Å². The van der Waals surface area contributed by atoms with Gasteiger partial charge in [-0.3, -0.25) is 4.99 Å². The topological polar surface area (TPSA) is 72.8 Å². The van der Waals surface area contributed by atoms with Crippen LogP contribution in [0.25, 0.3) is 0 Å². The maximum absolute atomic E-state index is 9.32. The van der Waals surface area contributed by atoms with Crippen molar-refractivity contribution in [1.82, 2.24) is 15.6 Å². The summed E-state index contributed by atoms with van der Waals surface area (Å²) in [5.74, 6) is 1.97. The summed E-state index contributed by atoms with van der Waals surface area (Å²) < 4.78 is 0. The van der Waals surface area contributed by atoms with Crippen molar-refractivity contribution in [2.45, 2.75) is 25.3 Å². The summed E-state index contributed by atoms with van der Waals surface area (Å²) in [6, 6.07) is 11.4. The quantitative estimate of drug-likeness (QED) is 0.238. The molecule has 1 aromatic heterocycles. The van der Waals surface area contributed by atoms with Crippen LogP contribution < -0.4 is 15.5 Å². The van der Waals surface area contributed by atoms with Crippen molar-refractivity contribution >= 4 is 47.4 Å². The Balaban J connectivity index is 0.00000280. The van der Waals surface area contributed by atoms with Crippen LogP contribution >= 0.6 is 35.6 Å². The van der Waals surface area contributed by atoms with E-state index >= 15 is 0 Å². The Morgan fingerprint density at radius 1 is 1.32 bits per heavy atom. The molecule has 8 heteroatoms. The van der Waals surface area contributed by atoms with Crippen molar-refractivity contribution in [3.63, 3.8) is 0 Å². The zero-order valence-electron chi connectivity index (χ0n) is 15.9. The van der Waals surface area contributed by atoms with E-state index < -0.39 is 0 Å². The third-order valence-corrected chi connectivity index (χ3v) is 4.96. The molecule has 1 aliphatic heterocycles. The summed E-state index contributed by atoms with van der Waals surface area (Å²) in [5.41, 5.74) is 1.22. The molecular weight excluding hydrogens is 489 g/mol. The number of guanidine groups is 1. The molecule has 1 atom stereocenters. The van der Waals surface area contributed by atoms with E-state index in [1.807, 2.05) is 24.3 Å². The van der Waals surface area contributed by atoms with E-state index in [-0.39, 0.29) is 24.0 Å². The predicted octanol–water partition coefficient (Wildman–Crippen LogP) is 3.44. The van der Waals surface area contributed by atoms with Crippen LogP contribution in [0.4, 0.5) is 5.82 Å². The van der Waals surface area contributed by atoms with E-state index in [0.717, 1.165) is 50.7 Å². The predicted molar refractivity (Wildman–Crippen MR) is 126 cm³/mol. The molecule has 3 N–H and O–H groups in total. The number of aromatic hydroxyl groups is 1.